The van der Waals surface area contributed by atoms with Gasteiger partial charge in [-0.1, -0.05) is 0 Å². The Bertz CT molecular complexity index is 365. The van der Waals surface area contributed by atoms with Gasteiger partial charge in [-0.15, -0.1) is 0 Å². The molecule has 0 saturated heterocycles. The van der Waals surface area contributed by atoms with Crippen LogP contribution in [-0.2, 0) is 11.2 Å². The molecule has 3 heteroatoms. The van der Waals surface area contributed by atoms with Crippen molar-refractivity contribution >= 4 is 12.1 Å². The first-order valence-corrected chi connectivity index (χ1v) is 4.40. The van der Waals surface area contributed by atoms with Gasteiger partial charge in [-0.05, 0) is 25.8 Å². The minimum atomic E-state index is -0.414. The van der Waals surface area contributed by atoms with Crippen LogP contribution in [0.1, 0.15) is 28.2 Å². The summed E-state index contributed by atoms with van der Waals surface area (Å²) >= 11 is 0. The summed E-state index contributed by atoms with van der Waals surface area (Å²) in [5.41, 5.74) is 2.69. The van der Waals surface area contributed by atoms with E-state index in [9.17, 15) is 9.59 Å². The van der Waals surface area contributed by atoms with Crippen LogP contribution in [0, 0.1) is 12.8 Å². The van der Waals surface area contributed by atoms with Gasteiger partial charge in [-0.2, -0.15) is 0 Å². The maximum atomic E-state index is 11.6. The van der Waals surface area contributed by atoms with E-state index >= 15 is 0 Å². The van der Waals surface area contributed by atoms with E-state index in [4.69, 9.17) is 0 Å². The van der Waals surface area contributed by atoms with Crippen LogP contribution in [0.2, 0.25) is 0 Å². The van der Waals surface area contributed by atoms with Crippen molar-refractivity contribution < 1.29 is 9.59 Å². The lowest BCUT2D eigenvalue weighted by atomic mass is 9.87. The molecule has 0 radical (unpaired) electrons. The Balaban J connectivity index is 2.44. The molecule has 0 fully saturated rings. The van der Waals surface area contributed by atoms with Crippen molar-refractivity contribution in [1.29, 1.82) is 0 Å². The highest BCUT2D eigenvalue weighted by atomic mass is 16.1. The molecular formula is C10H11NO2. The maximum Gasteiger partial charge on any atom is 0.174 e. The van der Waals surface area contributed by atoms with Gasteiger partial charge in [0.05, 0.1) is 5.92 Å². The molecule has 0 bridgehead atoms. The number of aryl methyl sites for hydroxylation is 2. The van der Waals surface area contributed by atoms with Crippen molar-refractivity contribution in [3.8, 4) is 0 Å². The normalized spacial score (nSPS) is 21.3. The number of aromatic nitrogens is 1. The van der Waals surface area contributed by atoms with Gasteiger partial charge in [-0.25, -0.2) is 0 Å². The van der Waals surface area contributed by atoms with E-state index in [1.807, 2.05) is 13.0 Å². The minimum absolute atomic E-state index is 0.0272. The fourth-order valence-corrected chi connectivity index (χ4v) is 1.82. The second-order valence-electron chi connectivity index (χ2n) is 3.49. The van der Waals surface area contributed by atoms with Gasteiger partial charge in [0.15, 0.2) is 5.78 Å². The highest BCUT2D eigenvalue weighted by Gasteiger charge is 2.27. The Kier molecular flexibility index (Phi) is 1.79. The quantitative estimate of drug-likeness (QED) is 0.518. The molecule has 1 unspecified atom stereocenters. The molecule has 0 aromatic carbocycles. The molecule has 1 aromatic rings. The van der Waals surface area contributed by atoms with Crippen LogP contribution in [0.4, 0.5) is 0 Å². The largest absolute Gasteiger partial charge is 0.362 e. The van der Waals surface area contributed by atoms with E-state index in [1.54, 1.807) is 0 Å². The molecular weight excluding hydrogens is 166 g/mol. The maximum absolute atomic E-state index is 11.6. The summed E-state index contributed by atoms with van der Waals surface area (Å²) in [5.74, 6) is -0.441. The van der Waals surface area contributed by atoms with Gasteiger partial charge in [0.2, 0.25) is 0 Å². The molecule has 1 heterocycles. The van der Waals surface area contributed by atoms with Crippen molar-refractivity contribution in [2.75, 3.05) is 0 Å². The number of ketones is 1. The van der Waals surface area contributed by atoms with Gasteiger partial charge < -0.3 is 9.78 Å². The van der Waals surface area contributed by atoms with Crippen LogP contribution in [0.3, 0.4) is 0 Å². The number of nitrogens with one attached hydrogen (secondary N) is 1. The first-order chi connectivity index (χ1) is 6.22. The molecule has 1 atom stereocenters. The van der Waals surface area contributed by atoms with Crippen LogP contribution in [0.25, 0.3) is 0 Å². The molecule has 1 aliphatic rings. The fraction of sp³-hybridized carbons (Fsp3) is 0.400. The number of aromatic amines is 1. The number of Topliss-reactive ketones (excluding diaryl/α,β-unsaturated/α-hetero) is 1. The molecule has 0 amide bonds. The number of rotatable bonds is 1. The zero-order valence-corrected chi connectivity index (χ0v) is 7.46. The van der Waals surface area contributed by atoms with Gasteiger partial charge in [-0.3, -0.25) is 4.79 Å². The van der Waals surface area contributed by atoms with E-state index in [0.29, 0.717) is 12.0 Å². The smallest absolute Gasteiger partial charge is 0.174 e. The van der Waals surface area contributed by atoms with Crippen LogP contribution in [-0.4, -0.2) is 17.1 Å². The van der Waals surface area contributed by atoms with Crippen molar-refractivity contribution in [3.05, 3.63) is 23.0 Å². The molecule has 0 aliphatic heterocycles. The van der Waals surface area contributed by atoms with Crippen LogP contribution < -0.4 is 0 Å². The lowest BCUT2D eigenvalue weighted by Crippen LogP contribution is -2.22. The van der Waals surface area contributed by atoms with Gasteiger partial charge in [0.1, 0.15) is 6.29 Å². The summed E-state index contributed by atoms with van der Waals surface area (Å²) in [6.45, 7) is 1.92. The number of hydrogen-bond donors (Lipinski definition) is 1. The second kappa shape index (κ2) is 2.83. The number of aldehydes is 1. The van der Waals surface area contributed by atoms with Gasteiger partial charge in [0.25, 0.3) is 0 Å². The number of hydrogen-bond acceptors (Lipinski definition) is 2. The van der Waals surface area contributed by atoms with E-state index in [2.05, 4.69) is 4.98 Å². The lowest BCUT2D eigenvalue weighted by molar-refractivity contribution is -0.110. The zero-order valence-electron chi connectivity index (χ0n) is 7.46. The SMILES string of the molecule is Cc1cc2c([nH]1)CCC(C=O)C2=O. The topological polar surface area (TPSA) is 49.9 Å². The van der Waals surface area contributed by atoms with Gasteiger partial charge in [0, 0.05) is 17.0 Å². The Morgan fingerprint density at radius 1 is 1.62 bits per heavy atom. The van der Waals surface area contributed by atoms with Crippen LogP contribution >= 0.6 is 0 Å². The molecule has 68 valence electrons. The predicted octanol–water partition coefficient (Wildman–Crippen LogP) is 1.27. The third-order valence-electron chi connectivity index (χ3n) is 2.51. The predicted molar refractivity (Wildman–Crippen MR) is 47.7 cm³/mol. The number of carbonyl (C=O) groups excluding carboxylic acids is 2. The molecule has 1 aromatic heterocycles. The molecule has 13 heavy (non-hydrogen) atoms. The zero-order chi connectivity index (χ0) is 9.42. The molecule has 0 saturated carbocycles. The third kappa shape index (κ3) is 1.20. The van der Waals surface area contributed by atoms with Crippen molar-refractivity contribution in [1.82, 2.24) is 4.98 Å². The molecule has 0 spiro atoms. The summed E-state index contributed by atoms with van der Waals surface area (Å²) in [6.07, 6.45) is 2.21. The number of carbonyl (C=O) groups is 2. The Morgan fingerprint density at radius 2 is 2.38 bits per heavy atom. The molecule has 3 nitrogen and oxygen atoms in total. The average Bonchev–Trinajstić information content (AvgIpc) is 2.47. The Morgan fingerprint density at radius 3 is 3.08 bits per heavy atom. The summed E-state index contributed by atoms with van der Waals surface area (Å²) in [5, 5.41) is 0. The molecule has 2 rings (SSSR count). The number of H-pyrrole nitrogens is 1. The standard InChI is InChI=1S/C10H11NO2/c1-6-4-8-9(11-6)3-2-7(5-12)10(8)13/h4-5,7,11H,2-3H2,1H3. The van der Waals surface area contributed by atoms with Crippen molar-refractivity contribution in [3.63, 3.8) is 0 Å². The first kappa shape index (κ1) is 8.23. The molecule has 1 aliphatic carbocycles. The minimum Gasteiger partial charge on any atom is -0.362 e. The Hall–Kier alpha value is -1.38. The van der Waals surface area contributed by atoms with Crippen LogP contribution in [0.5, 0.6) is 0 Å². The average molecular weight is 177 g/mol. The summed E-state index contributed by atoms with van der Waals surface area (Å²) < 4.78 is 0. The van der Waals surface area contributed by atoms with Crippen molar-refractivity contribution in [2.24, 2.45) is 5.92 Å². The van der Waals surface area contributed by atoms with E-state index in [-0.39, 0.29) is 5.78 Å². The monoisotopic (exact) mass is 177 g/mol. The van der Waals surface area contributed by atoms with E-state index < -0.39 is 5.92 Å². The highest BCUT2D eigenvalue weighted by molar-refractivity contribution is 6.07. The first-order valence-electron chi connectivity index (χ1n) is 4.40. The Labute approximate surface area is 76.1 Å². The fourth-order valence-electron chi connectivity index (χ4n) is 1.82. The summed E-state index contributed by atoms with van der Waals surface area (Å²) in [7, 11) is 0. The van der Waals surface area contributed by atoms with Crippen LogP contribution in [0.15, 0.2) is 6.07 Å². The highest BCUT2D eigenvalue weighted by Crippen LogP contribution is 2.24. The van der Waals surface area contributed by atoms with Crippen molar-refractivity contribution in [2.45, 2.75) is 19.8 Å². The lowest BCUT2D eigenvalue weighted by Gasteiger charge is -2.15. The van der Waals surface area contributed by atoms with Gasteiger partial charge >= 0.3 is 0 Å². The van der Waals surface area contributed by atoms with E-state index in [1.165, 1.54) is 0 Å². The third-order valence-corrected chi connectivity index (χ3v) is 2.51. The number of fused-ring (bicyclic) bond motifs is 1. The second-order valence-corrected chi connectivity index (χ2v) is 3.49. The molecule has 1 N–H and O–H groups in total. The summed E-state index contributed by atoms with van der Waals surface area (Å²) in [6, 6.07) is 1.83. The summed E-state index contributed by atoms with van der Waals surface area (Å²) in [4.78, 5) is 25.3. The van der Waals surface area contributed by atoms with E-state index in [0.717, 1.165) is 24.1 Å².